The summed E-state index contributed by atoms with van der Waals surface area (Å²) < 4.78 is 5.13. The normalized spacial score (nSPS) is 12.6. The first-order valence-corrected chi connectivity index (χ1v) is 7.76. The Morgan fingerprint density at radius 2 is 2.14 bits per heavy atom. The summed E-state index contributed by atoms with van der Waals surface area (Å²) in [5, 5.41) is 15.2. The summed E-state index contributed by atoms with van der Waals surface area (Å²) in [7, 11) is 5.75. The van der Waals surface area contributed by atoms with Gasteiger partial charge in [0.15, 0.2) is 11.5 Å². The Morgan fingerprint density at radius 3 is 2.76 bits per heavy atom. The number of ether oxygens (including phenoxy) is 1. The summed E-state index contributed by atoms with van der Waals surface area (Å²) in [5.41, 5.74) is 1.09. The lowest BCUT2D eigenvalue weighted by Gasteiger charge is -2.23. The fourth-order valence-electron chi connectivity index (χ4n) is 2.20. The zero-order valence-electron chi connectivity index (χ0n) is 12.7. The van der Waals surface area contributed by atoms with E-state index in [1.165, 1.54) is 4.88 Å². The van der Waals surface area contributed by atoms with E-state index >= 15 is 0 Å². The molecule has 0 radical (unpaired) electrons. The molecule has 2 aromatic rings. The lowest BCUT2D eigenvalue weighted by Crippen LogP contribution is -2.30. The van der Waals surface area contributed by atoms with Gasteiger partial charge in [0.05, 0.1) is 13.2 Å². The van der Waals surface area contributed by atoms with E-state index in [2.05, 4.69) is 41.8 Å². The quantitative estimate of drug-likeness (QED) is 0.825. The molecule has 2 rings (SSSR count). The van der Waals surface area contributed by atoms with E-state index in [9.17, 15) is 5.11 Å². The molecule has 21 heavy (non-hydrogen) atoms. The van der Waals surface area contributed by atoms with Crippen LogP contribution in [0.4, 0.5) is 0 Å². The van der Waals surface area contributed by atoms with Crippen LogP contribution in [0.2, 0.25) is 0 Å². The number of aromatic hydroxyl groups is 1. The minimum atomic E-state index is 0.172. The van der Waals surface area contributed by atoms with Crippen LogP contribution in [-0.4, -0.2) is 37.8 Å². The zero-order valence-corrected chi connectivity index (χ0v) is 13.5. The Labute approximate surface area is 130 Å². The largest absolute Gasteiger partial charge is 0.504 e. The fraction of sp³-hybridized carbons (Fsp3) is 0.375. The molecular weight excluding hydrogens is 284 g/mol. The van der Waals surface area contributed by atoms with Gasteiger partial charge in [-0.15, -0.1) is 11.3 Å². The van der Waals surface area contributed by atoms with E-state index in [0.29, 0.717) is 11.8 Å². The molecular formula is C16H22N2O2S. The molecule has 1 aromatic carbocycles. The number of phenols is 1. The number of phenolic OH excluding ortho intramolecular Hbond substituents is 1. The van der Waals surface area contributed by atoms with Crippen LogP contribution in [0, 0.1) is 0 Å². The average Bonchev–Trinajstić information content (AvgIpc) is 2.98. The van der Waals surface area contributed by atoms with Gasteiger partial charge in [-0.2, -0.15) is 0 Å². The van der Waals surface area contributed by atoms with E-state index in [1.807, 2.05) is 12.1 Å². The molecule has 0 saturated heterocycles. The van der Waals surface area contributed by atoms with Crippen LogP contribution in [0.15, 0.2) is 35.7 Å². The average molecular weight is 306 g/mol. The van der Waals surface area contributed by atoms with Crippen molar-refractivity contribution < 1.29 is 9.84 Å². The summed E-state index contributed by atoms with van der Waals surface area (Å²) in [6.07, 6.45) is 0. The van der Waals surface area contributed by atoms with Crippen molar-refractivity contribution in [2.45, 2.75) is 12.6 Å². The van der Waals surface area contributed by atoms with Crippen molar-refractivity contribution in [3.8, 4) is 11.5 Å². The summed E-state index contributed by atoms with van der Waals surface area (Å²) in [5.74, 6) is 0.683. The topological polar surface area (TPSA) is 44.7 Å². The van der Waals surface area contributed by atoms with Gasteiger partial charge in [-0.3, -0.25) is 0 Å². The molecule has 0 bridgehead atoms. The van der Waals surface area contributed by atoms with Crippen LogP contribution in [0.3, 0.4) is 0 Å². The highest BCUT2D eigenvalue weighted by Crippen LogP contribution is 2.26. The Kier molecular flexibility index (Phi) is 5.61. The minimum absolute atomic E-state index is 0.172. The maximum Gasteiger partial charge on any atom is 0.160 e. The number of likely N-dealkylation sites (N-methyl/N-ethyl adjacent to an activating group) is 1. The molecule has 0 spiro atoms. The number of hydrogen-bond acceptors (Lipinski definition) is 5. The third-order valence-corrected chi connectivity index (χ3v) is 4.38. The number of rotatable bonds is 7. The lowest BCUT2D eigenvalue weighted by molar-refractivity contribution is 0.292. The fourth-order valence-corrected chi connectivity index (χ4v) is 3.13. The molecule has 0 fully saturated rings. The highest BCUT2D eigenvalue weighted by molar-refractivity contribution is 7.10. The first kappa shape index (κ1) is 15.8. The van der Waals surface area contributed by atoms with E-state index in [-0.39, 0.29) is 5.75 Å². The molecule has 1 aromatic heterocycles. The molecule has 0 saturated carbocycles. The molecule has 0 aliphatic carbocycles. The second-order valence-corrected chi connectivity index (χ2v) is 6.11. The van der Waals surface area contributed by atoms with Gasteiger partial charge in [0.1, 0.15) is 0 Å². The van der Waals surface area contributed by atoms with Crippen molar-refractivity contribution in [2.75, 3.05) is 27.7 Å². The number of nitrogens with one attached hydrogen (secondary N) is 1. The van der Waals surface area contributed by atoms with Crippen LogP contribution in [0.1, 0.15) is 16.5 Å². The Morgan fingerprint density at radius 1 is 1.33 bits per heavy atom. The van der Waals surface area contributed by atoms with E-state index in [0.717, 1.165) is 18.7 Å². The van der Waals surface area contributed by atoms with Gasteiger partial charge in [0.25, 0.3) is 0 Å². The Hall–Kier alpha value is -1.56. The van der Waals surface area contributed by atoms with E-state index in [1.54, 1.807) is 24.5 Å². The molecule has 5 heteroatoms. The van der Waals surface area contributed by atoms with Gasteiger partial charge in [-0.25, -0.2) is 0 Å². The Bertz CT molecular complexity index is 555. The van der Waals surface area contributed by atoms with Crippen molar-refractivity contribution in [1.29, 1.82) is 0 Å². The first-order chi connectivity index (χ1) is 10.1. The summed E-state index contributed by atoms with van der Waals surface area (Å²) in [6.45, 7) is 1.61. The van der Waals surface area contributed by atoms with Gasteiger partial charge in [0.2, 0.25) is 0 Å². The van der Waals surface area contributed by atoms with Gasteiger partial charge in [-0.05, 0) is 43.2 Å². The lowest BCUT2D eigenvalue weighted by atomic mass is 10.2. The third kappa shape index (κ3) is 4.20. The van der Waals surface area contributed by atoms with Crippen LogP contribution in [0.5, 0.6) is 11.5 Å². The van der Waals surface area contributed by atoms with Crippen LogP contribution >= 0.6 is 11.3 Å². The van der Waals surface area contributed by atoms with Gasteiger partial charge < -0.3 is 20.1 Å². The van der Waals surface area contributed by atoms with Gasteiger partial charge >= 0.3 is 0 Å². The molecule has 4 nitrogen and oxygen atoms in total. The molecule has 2 N–H and O–H groups in total. The van der Waals surface area contributed by atoms with Crippen molar-refractivity contribution in [1.82, 2.24) is 10.2 Å². The number of nitrogens with zero attached hydrogens (tertiary/aromatic N) is 1. The second kappa shape index (κ2) is 7.45. The van der Waals surface area contributed by atoms with Crippen LogP contribution < -0.4 is 10.1 Å². The van der Waals surface area contributed by atoms with E-state index in [4.69, 9.17) is 4.74 Å². The second-order valence-electron chi connectivity index (χ2n) is 5.13. The third-order valence-electron chi connectivity index (χ3n) is 3.41. The number of methoxy groups -OCH3 is 1. The van der Waals surface area contributed by atoms with E-state index < -0.39 is 0 Å². The molecule has 0 aliphatic heterocycles. The maximum absolute atomic E-state index is 9.60. The first-order valence-electron chi connectivity index (χ1n) is 6.88. The molecule has 1 atom stereocenters. The molecule has 1 unspecified atom stereocenters. The van der Waals surface area contributed by atoms with Crippen LogP contribution in [-0.2, 0) is 6.54 Å². The number of benzene rings is 1. The summed E-state index contributed by atoms with van der Waals surface area (Å²) >= 11 is 1.78. The van der Waals surface area contributed by atoms with Crippen molar-refractivity contribution in [2.24, 2.45) is 0 Å². The van der Waals surface area contributed by atoms with Gasteiger partial charge in [-0.1, -0.05) is 12.1 Å². The molecule has 114 valence electrons. The monoisotopic (exact) mass is 306 g/mol. The number of thiophene rings is 1. The summed E-state index contributed by atoms with van der Waals surface area (Å²) in [6, 6.07) is 10.0. The van der Waals surface area contributed by atoms with Gasteiger partial charge in [0, 0.05) is 18.0 Å². The van der Waals surface area contributed by atoms with Crippen LogP contribution in [0.25, 0.3) is 0 Å². The standard InChI is InChI=1S/C16H22N2O2S/c1-18(2)13(16-5-4-8-21-16)11-17-10-12-6-7-14(19)15(9-12)20-3/h4-9,13,17,19H,10-11H2,1-3H3. The predicted octanol–water partition coefficient (Wildman–Crippen LogP) is 2.85. The van der Waals surface area contributed by atoms with Crippen molar-refractivity contribution in [3.05, 3.63) is 46.2 Å². The minimum Gasteiger partial charge on any atom is -0.504 e. The van der Waals surface area contributed by atoms with Crippen molar-refractivity contribution >= 4 is 11.3 Å². The maximum atomic E-state index is 9.60. The molecule has 1 heterocycles. The Balaban J connectivity index is 1.93. The predicted molar refractivity (Wildman–Crippen MR) is 87.1 cm³/mol. The number of hydrogen-bond donors (Lipinski definition) is 2. The zero-order chi connectivity index (χ0) is 15.2. The molecule has 0 amide bonds. The SMILES string of the molecule is COc1cc(CNCC(c2cccs2)N(C)C)ccc1O. The smallest absolute Gasteiger partial charge is 0.160 e. The highest BCUT2D eigenvalue weighted by atomic mass is 32.1. The molecule has 0 aliphatic rings. The van der Waals surface area contributed by atoms with Crippen molar-refractivity contribution in [3.63, 3.8) is 0 Å². The highest BCUT2D eigenvalue weighted by Gasteiger charge is 2.14. The summed E-state index contributed by atoms with van der Waals surface area (Å²) in [4.78, 5) is 3.58.